The van der Waals surface area contributed by atoms with Crippen LogP contribution in [-0.2, 0) is 6.54 Å². The maximum atomic E-state index is 4.65. The zero-order valence-electron chi connectivity index (χ0n) is 14.8. The highest BCUT2D eigenvalue weighted by Gasteiger charge is 2.18. The van der Waals surface area contributed by atoms with E-state index in [1.165, 1.54) is 31.5 Å². The predicted molar refractivity (Wildman–Crippen MR) is 101 cm³/mol. The van der Waals surface area contributed by atoms with E-state index in [9.17, 15) is 0 Å². The van der Waals surface area contributed by atoms with Gasteiger partial charge in [0.25, 0.3) is 0 Å². The lowest BCUT2D eigenvalue weighted by Crippen LogP contribution is -2.36. The van der Waals surface area contributed by atoms with Crippen molar-refractivity contribution in [1.82, 2.24) is 15.2 Å². The summed E-state index contributed by atoms with van der Waals surface area (Å²) in [6.07, 6.45) is 4.61. The minimum atomic E-state index is 0.839. The molecule has 0 radical (unpaired) electrons. The van der Waals surface area contributed by atoms with E-state index in [0.717, 1.165) is 30.5 Å². The molecule has 1 aliphatic heterocycles. The van der Waals surface area contributed by atoms with Gasteiger partial charge in [-0.3, -0.25) is 4.90 Å². The number of para-hydroxylation sites is 1. The third kappa shape index (κ3) is 4.34. The number of hydrogen-bond donors (Lipinski definition) is 1. The number of aromatic nitrogens is 1. The molecule has 2 aromatic rings. The van der Waals surface area contributed by atoms with Crippen molar-refractivity contribution < 1.29 is 0 Å². The van der Waals surface area contributed by atoms with Crippen LogP contribution in [0.5, 0.6) is 0 Å². The highest BCUT2D eigenvalue weighted by Crippen LogP contribution is 2.22. The Bertz CT molecular complexity index is 603. The molecule has 1 aliphatic rings. The summed E-state index contributed by atoms with van der Waals surface area (Å²) >= 11 is 0. The normalized spacial score (nSPS) is 16.2. The smallest absolute Gasteiger partial charge is 0.132 e. The van der Waals surface area contributed by atoms with Gasteiger partial charge < -0.3 is 10.2 Å². The monoisotopic (exact) mass is 324 g/mol. The van der Waals surface area contributed by atoms with Crippen molar-refractivity contribution >= 4 is 11.5 Å². The standard InChI is InChI=1S/C20H28N4/c1-21-14-17-10-12-24(13-11-17)16-18-8-9-20(22-15-18)23(2)19-6-4-3-5-7-19/h3-9,15,17,21H,10-14,16H2,1-2H3. The average molecular weight is 324 g/mol. The summed E-state index contributed by atoms with van der Waals surface area (Å²) in [5, 5.41) is 3.30. The molecule has 24 heavy (non-hydrogen) atoms. The first-order valence-corrected chi connectivity index (χ1v) is 8.87. The quantitative estimate of drug-likeness (QED) is 0.883. The van der Waals surface area contributed by atoms with E-state index < -0.39 is 0 Å². The van der Waals surface area contributed by atoms with Gasteiger partial charge in [0.15, 0.2) is 0 Å². The fraction of sp³-hybridized carbons (Fsp3) is 0.450. The van der Waals surface area contributed by atoms with Crippen LogP contribution in [-0.4, -0.2) is 43.6 Å². The summed E-state index contributed by atoms with van der Waals surface area (Å²) in [7, 11) is 4.11. The van der Waals surface area contributed by atoms with Crippen molar-refractivity contribution in [1.29, 1.82) is 0 Å². The third-order valence-electron chi connectivity index (χ3n) is 4.90. The van der Waals surface area contributed by atoms with E-state index in [2.05, 4.69) is 63.5 Å². The Morgan fingerprint density at radius 2 is 1.88 bits per heavy atom. The first kappa shape index (κ1) is 16.9. The minimum absolute atomic E-state index is 0.839. The number of likely N-dealkylation sites (tertiary alicyclic amines) is 1. The van der Waals surface area contributed by atoms with Gasteiger partial charge in [-0.2, -0.15) is 0 Å². The van der Waals surface area contributed by atoms with Crippen LogP contribution in [0.25, 0.3) is 0 Å². The molecule has 1 N–H and O–H groups in total. The molecule has 0 saturated carbocycles. The van der Waals surface area contributed by atoms with Crippen LogP contribution in [0.1, 0.15) is 18.4 Å². The van der Waals surface area contributed by atoms with Crippen molar-refractivity contribution in [2.45, 2.75) is 19.4 Å². The molecular formula is C20H28N4. The van der Waals surface area contributed by atoms with Crippen molar-refractivity contribution in [3.8, 4) is 0 Å². The summed E-state index contributed by atoms with van der Waals surface area (Å²) in [5.74, 6) is 1.82. The van der Waals surface area contributed by atoms with Crippen molar-refractivity contribution in [2.24, 2.45) is 5.92 Å². The predicted octanol–water partition coefficient (Wildman–Crippen LogP) is 3.28. The summed E-state index contributed by atoms with van der Waals surface area (Å²) in [5.41, 5.74) is 2.46. The number of nitrogens with one attached hydrogen (secondary N) is 1. The highest BCUT2D eigenvalue weighted by molar-refractivity contribution is 5.58. The highest BCUT2D eigenvalue weighted by atomic mass is 15.2. The van der Waals surface area contributed by atoms with Gasteiger partial charge in [-0.25, -0.2) is 4.98 Å². The maximum Gasteiger partial charge on any atom is 0.132 e. The molecule has 3 rings (SSSR count). The molecule has 4 heteroatoms. The van der Waals surface area contributed by atoms with Crippen LogP contribution < -0.4 is 10.2 Å². The van der Waals surface area contributed by atoms with E-state index in [1.807, 2.05) is 19.3 Å². The Morgan fingerprint density at radius 1 is 1.12 bits per heavy atom. The van der Waals surface area contributed by atoms with Crippen LogP contribution in [0, 0.1) is 5.92 Å². The second-order valence-electron chi connectivity index (χ2n) is 6.70. The molecule has 0 bridgehead atoms. The molecule has 4 nitrogen and oxygen atoms in total. The van der Waals surface area contributed by atoms with Gasteiger partial charge in [-0.1, -0.05) is 24.3 Å². The molecule has 2 heterocycles. The number of piperidine rings is 1. The SMILES string of the molecule is CNCC1CCN(Cc2ccc(N(C)c3ccccc3)nc2)CC1. The van der Waals surface area contributed by atoms with E-state index >= 15 is 0 Å². The molecule has 0 atom stereocenters. The molecule has 1 saturated heterocycles. The number of nitrogens with zero attached hydrogens (tertiary/aromatic N) is 3. The molecule has 1 aromatic carbocycles. The number of anilines is 2. The lowest BCUT2D eigenvalue weighted by Gasteiger charge is -2.31. The number of rotatable bonds is 6. The van der Waals surface area contributed by atoms with Crippen LogP contribution in [0.3, 0.4) is 0 Å². The lowest BCUT2D eigenvalue weighted by atomic mass is 9.96. The van der Waals surface area contributed by atoms with Crippen LogP contribution in [0.15, 0.2) is 48.7 Å². The van der Waals surface area contributed by atoms with Gasteiger partial charge in [0.05, 0.1) is 0 Å². The first-order chi connectivity index (χ1) is 11.8. The van der Waals surface area contributed by atoms with E-state index in [4.69, 9.17) is 0 Å². The average Bonchev–Trinajstić information content (AvgIpc) is 2.64. The number of pyridine rings is 1. The van der Waals surface area contributed by atoms with Crippen LogP contribution in [0.4, 0.5) is 11.5 Å². The summed E-state index contributed by atoms with van der Waals surface area (Å²) in [6, 6.07) is 14.7. The zero-order chi connectivity index (χ0) is 16.8. The fourth-order valence-electron chi connectivity index (χ4n) is 3.39. The van der Waals surface area contributed by atoms with Gasteiger partial charge in [-0.15, -0.1) is 0 Å². The lowest BCUT2D eigenvalue weighted by molar-refractivity contribution is 0.176. The molecule has 0 amide bonds. The van der Waals surface area contributed by atoms with E-state index in [1.54, 1.807) is 0 Å². The van der Waals surface area contributed by atoms with Crippen molar-refractivity contribution in [3.05, 3.63) is 54.2 Å². The summed E-state index contributed by atoms with van der Waals surface area (Å²) in [6.45, 7) is 4.54. The molecular weight excluding hydrogens is 296 g/mol. The van der Waals surface area contributed by atoms with Crippen molar-refractivity contribution in [3.63, 3.8) is 0 Å². The Hall–Kier alpha value is -1.91. The molecule has 128 valence electrons. The van der Waals surface area contributed by atoms with Crippen molar-refractivity contribution in [2.75, 3.05) is 38.6 Å². The van der Waals surface area contributed by atoms with Gasteiger partial charge in [0.1, 0.15) is 5.82 Å². The van der Waals surface area contributed by atoms with E-state index in [0.29, 0.717) is 0 Å². The topological polar surface area (TPSA) is 31.4 Å². The largest absolute Gasteiger partial charge is 0.329 e. The maximum absolute atomic E-state index is 4.65. The Kier molecular flexibility index (Phi) is 5.83. The Labute approximate surface area is 145 Å². The van der Waals surface area contributed by atoms with Gasteiger partial charge in [-0.05, 0) is 69.2 Å². The third-order valence-corrected chi connectivity index (χ3v) is 4.90. The molecule has 1 fully saturated rings. The second kappa shape index (κ2) is 8.27. The van der Waals surface area contributed by atoms with Crippen LogP contribution >= 0.6 is 0 Å². The van der Waals surface area contributed by atoms with Gasteiger partial charge in [0, 0.05) is 25.5 Å². The molecule has 1 aromatic heterocycles. The summed E-state index contributed by atoms with van der Waals surface area (Å²) in [4.78, 5) is 9.32. The van der Waals surface area contributed by atoms with Gasteiger partial charge >= 0.3 is 0 Å². The van der Waals surface area contributed by atoms with E-state index in [-0.39, 0.29) is 0 Å². The fourth-order valence-corrected chi connectivity index (χ4v) is 3.39. The van der Waals surface area contributed by atoms with Crippen LogP contribution in [0.2, 0.25) is 0 Å². The minimum Gasteiger partial charge on any atom is -0.329 e. The molecule has 0 unspecified atom stereocenters. The second-order valence-corrected chi connectivity index (χ2v) is 6.70. The Morgan fingerprint density at radius 3 is 2.50 bits per heavy atom. The Balaban J connectivity index is 1.55. The number of benzene rings is 1. The van der Waals surface area contributed by atoms with Gasteiger partial charge in [0.2, 0.25) is 0 Å². The zero-order valence-corrected chi connectivity index (χ0v) is 14.8. The molecule has 0 spiro atoms. The molecule has 0 aliphatic carbocycles. The summed E-state index contributed by atoms with van der Waals surface area (Å²) < 4.78 is 0. The number of hydrogen-bond acceptors (Lipinski definition) is 4. The first-order valence-electron chi connectivity index (χ1n) is 8.87.